The van der Waals surface area contributed by atoms with E-state index in [9.17, 15) is 0 Å². The molecule has 90 valence electrons. The van der Waals surface area contributed by atoms with Crippen LogP contribution in [0.25, 0.3) is 0 Å². The summed E-state index contributed by atoms with van der Waals surface area (Å²) in [6, 6.07) is 5.74. The van der Waals surface area contributed by atoms with Crippen molar-refractivity contribution in [1.29, 1.82) is 5.26 Å². The summed E-state index contributed by atoms with van der Waals surface area (Å²) in [5, 5.41) is 8.62. The van der Waals surface area contributed by atoms with Crippen molar-refractivity contribution in [2.24, 2.45) is 0 Å². The number of hydrogen-bond acceptors (Lipinski definition) is 4. The molecule has 0 saturated heterocycles. The molecule has 0 N–H and O–H groups in total. The highest BCUT2D eigenvalue weighted by atomic mass is 79.9. The summed E-state index contributed by atoms with van der Waals surface area (Å²) in [7, 11) is 0. The first kappa shape index (κ1) is 12.5. The van der Waals surface area contributed by atoms with Gasteiger partial charge >= 0.3 is 0 Å². The van der Waals surface area contributed by atoms with Crippen LogP contribution in [0.3, 0.4) is 0 Å². The topological polar surface area (TPSA) is 58.8 Å². The van der Waals surface area contributed by atoms with Crippen LogP contribution in [-0.4, -0.2) is 9.97 Å². The number of nitriles is 1. The van der Waals surface area contributed by atoms with Crippen molar-refractivity contribution in [3.05, 3.63) is 45.8 Å². The summed E-state index contributed by atoms with van der Waals surface area (Å²) in [4.78, 5) is 7.91. The summed E-state index contributed by atoms with van der Waals surface area (Å²) >= 11 is 3.50. The van der Waals surface area contributed by atoms with E-state index in [1.165, 1.54) is 12.4 Å². The van der Waals surface area contributed by atoms with Crippen molar-refractivity contribution in [3.63, 3.8) is 0 Å². The second-order valence-corrected chi connectivity index (χ2v) is 4.62. The highest BCUT2D eigenvalue weighted by Gasteiger charge is 2.05. The fourth-order valence-electron chi connectivity index (χ4n) is 1.51. The second-order valence-electron chi connectivity index (χ2n) is 3.82. The molecule has 0 spiro atoms. The average Bonchev–Trinajstić information content (AvgIpc) is 2.37. The lowest BCUT2D eigenvalue weighted by atomic mass is 10.1. The lowest BCUT2D eigenvalue weighted by Gasteiger charge is -2.08. The number of ether oxygens (including phenoxy) is 1. The Balaban J connectivity index is 2.26. The van der Waals surface area contributed by atoms with E-state index in [-0.39, 0.29) is 5.69 Å². The quantitative estimate of drug-likeness (QED) is 0.851. The maximum Gasteiger partial charge on any atom is 0.237 e. The molecular formula is C13H10BrN3O. The van der Waals surface area contributed by atoms with Gasteiger partial charge in [0.15, 0.2) is 5.69 Å². The normalized spacial score (nSPS) is 9.89. The molecule has 5 heteroatoms. The third-order valence-corrected chi connectivity index (χ3v) is 3.63. The molecule has 0 bridgehead atoms. The number of benzene rings is 1. The highest BCUT2D eigenvalue weighted by Crippen LogP contribution is 2.28. The van der Waals surface area contributed by atoms with Crippen molar-refractivity contribution in [1.82, 2.24) is 9.97 Å². The smallest absolute Gasteiger partial charge is 0.237 e. The largest absolute Gasteiger partial charge is 0.437 e. The molecule has 1 heterocycles. The third kappa shape index (κ3) is 2.66. The molecule has 2 aromatic rings. The standard InChI is InChI=1S/C13H10BrN3O/c1-8-3-11(4-9(2)13(8)14)18-12-7-16-10(5-15)6-17-12/h3-4,6-7H,1-2H3. The number of halogens is 1. The van der Waals surface area contributed by atoms with Crippen molar-refractivity contribution in [3.8, 4) is 17.7 Å². The van der Waals surface area contributed by atoms with E-state index in [0.717, 1.165) is 15.6 Å². The van der Waals surface area contributed by atoms with Crippen LogP contribution in [0.5, 0.6) is 11.6 Å². The molecule has 0 aliphatic heterocycles. The minimum absolute atomic E-state index is 0.269. The molecular weight excluding hydrogens is 294 g/mol. The van der Waals surface area contributed by atoms with E-state index in [2.05, 4.69) is 25.9 Å². The molecule has 0 atom stereocenters. The Morgan fingerprint density at radius 2 is 1.83 bits per heavy atom. The van der Waals surface area contributed by atoms with Gasteiger partial charge in [0.1, 0.15) is 11.8 Å². The zero-order chi connectivity index (χ0) is 13.1. The molecule has 0 radical (unpaired) electrons. The van der Waals surface area contributed by atoms with Gasteiger partial charge in [0, 0.05) is 4.47 Å². The van der Waals surface area contributed by atoms with Gasteiger partial charge in [-0.25, -0.2) is 9.97 Å². The Labute approximate surface area is 113 Å². The minimum atomic E-state index is 0.269. The van der Waals surface area contributed by atoms with Crippen LogP contribution in [-0.2, 0) is 0 Å². The second kappa shape index (κ2) is 5.15. The van der Waals surface area contributed by atoms with Gasteiger partial charge in [-0.1, -0.05) is 15.9 Å². The Bertz CT molecular complexity index is 594. The van der Waals surface area contributed by atoms with E-state index in [1.54, 1.807) is 0 Å². The number of rotatable bonds is 2. The first-order chi connectivity index (χ1) is 8.60. The van der Waals surface area contributed by atoms with Crippen LogP contribution >= 0.6 is 15.9 Å². The maximum absolute atomic E-state index is 8.62. The van der Waals surface area contributed by atoms with Gasteiger partial charge in [-0.15, -0.1) is 0 Å². The molecule has 0 aliphatic carbocycles. The van der Waals surface area contributed by atoms with Gasteiger partial charge in [0.05, 0.1) is 12.4 Å². The summed E-state index contributed by atoms with van der Waals surface area (Å²) < 4.78 is 6.66. The lowest BCUT2D eigenvalue weighted by molar-refractivity contribution is 0.459. The molecule has 0 aliphatic rings. The molecule has 0 unspecified atom stereocenters. The van der Waals surface area contributed by atoms with Crippen molar-refractivity contribution in [2.45, 2.75) is 13.8 Å². The fraction of sp³-hybridized carbons (Fsp3) is 0.154. The van der Waals surface area contributed by atoms with Crippen LogP contribution in [0.2, 0.25) is 0 Å². The van der Waals surface area contributed by atoms with E-state index in [0.29, 0.717) is 11.6 Å². The predicted molar refractivity (Wildman–Crippen MR) is 70.4 cm³/mol. The van der Waals surface area contributed by atoms with Crippen molar-refractivity contribution in [2.75, 3.05) is 0 Å². The molecule has 0 amide bonds. The van der Waals surface area contributed by atoms with Gasteiger partial charge < -0.3 is 4.74 Å². The number of aromatic nitrogens is 2. The highest BCUT2D eigenvalue weighted by molar-refractivity contribution is 9.10. The van der Waals surface area contributed by atoms with Crippen LogP contribution in [0.15, 0.2) is 29.0 Å². The third-order valence-electron chi connectivity index (χ3n) is 2.38. The Hall–Kier alpha value is -1.93. The van der Waals surface area contributed by atoms with Crippen LogP contribution in [0, 0.1) is 25.2 Å². The predicted octanol–water partition coefficient (Wildman–Crippen LogP) is 3.52. The monoisotopic (exact) mass is 303 g/mol. The van der Waals surface area contributed by atoms with Crippen molar-refractivity contribution >= 4 is 15.9 Å². The first-order valence-electron chi connectivity index (χ1n) is 5.27. The molecule has 0 saturated carbocycles. The number of nitrogens with zero attached hydrogens (tertiary/aromatic N) is 3. The van der Waals surface area contributed by atoms with Crippen LogP contribution in [0.4, 0.5) is 0 Å². The first-order valence-corrected chi connectivity index (χ1v) is 6.06. The van der Waals surface area contributed by atoms with Crippen molar-refractivity contribution < 1.29 is 4.74 Å². The van der Waals surface area contributed by atoms with E-state index in [4.69, 9.17) is 10.00 Å². The van der Waals surface area contributed by atoms with Crippen LogP contribution in [0.1, 0.15) is 16.8 Å². The zero-order valence-corrected chi connectivity index (χ0v) is 11.5. The molecule has 2 rings (SSSR count). The zero-order valence-electron chi connectivity index (χ0n) is 9.94. The van der Waals surface area contributed by atoms with Gasteiger partial charge in [-0.3, -0.25) is 0 Å². The molecule has 1 aromatic carbocycles. The summed E-state index contributed by atoms with van der Waals surface area (Å²) in [6.45, 7) is 3.99. The maximum atomic E-state index is 8.62. The van der Waals surface area contributed by atoms with E-state index < -0.39 is 0 Å². The minimum Gasteiger partial charge on any atom is -0.437 e. The Morgan fingerprint density at radius 3 is 2.33 bits per heavy atom. The lowest BCUT2D eigenvalue weighted by Crippen LogP contribution is -1.92. The molecule has 18 heavy (non-hydrogen) atoms. The SMILES string of the molecule is Cc1cc(Oc2cnc(C#N)cn2)cc(C)c1Br. The van der Waals surface area contributed by atoms with Gasteiger partial charge in [-0.2, -0.15) is 5.26 Å². The number of aryl methyl sites for hydroxylation is 2. The average molecular weight is 304 g/mol. The van der Waals surface area contributed by atoms with Gasteiger partial charge in [-0.05, 0) is 37.1 Å². The fourth-order valence-corrected chi connectivity index (χ4v) is 1.74. The number of hydrogen-bond donors (Lipinski definition) is 0. The van der Waals surface area contributed by atoms with Gasteiger partial charge in [0.2, 0.25) is 5.88 Å². The summed E-state index contributed by atoms with van der Waals surface area (Å²) in [6.07, 6.45) is 2.82. The van der Waals surface area contributed by atoms with Crippen LogP contribution < -0.4 is 4.74 Å². The molecule has 0 fully saturated rings. The van der Waals surface area contributed by atoms with Gasteiger partial charge in [0.25, 0.3) is 0 Å². The Kier molecular flexibility index (Phi) is 3.58. The molecule has 1 aromatic heterocycles. The molecule has 4 nitrogen and oxygen atoms in total. The van der Waals surface area contributed by atoms with E-state index >= 15 is 0 Å². The summed E-state index contributed by atoms with van der Waals surface area (Å²) in [5.41, 5.74) is 2.45. The summed E-state index contributed by atoms with van der Waals surface area (Å²) in [5.74, 6) is 1.07. The Morgan fingerprint density at radius 1 is 1.17 bits per heavy atom. The van der Waals surface area contributed by atoms with E-state index in [1.807, 2.05) is 32.0 Å².